The van der Waals surface area contributed by atoms with E-state index >= 15 is 0 Å². The summed E-state index contributed by atoms with van der Waals surface area (Å²) in [6, 6.07) is 10.5. The van der Waals surface area contributed by atoms with E-state index in [-0.39, 0.29) is 5.82 Å². The van der Waals surface area contributed by atoms with Crippen molar-refractivity contribution >= 4 is 0 Å². The molecule has 0 aliphatic rings. The number of aryl methyl sites for hydroxylation is 1. The summed E-state index contributed by atoms with van der Waals surface area (Å²) in [6.45, 7) is 2.99. The molecule has 0 aromatic heterocycles. The molecule has 3 nitrogen and oxygen atoms in total. The number of hydrogen-bond acceptors (Lipinski definition) is 3. The smallest absolute Gasteiger partial charge is 0.127 e. The van der Waals surface area contributed by atoms with Crippen molar-refractivity contribution in [1.29, 1.82) is 0 Å². The third kappa shape index (κ3) is 3.95. The third-order valence-electron chi connectivity index (χ3n) is 3.33. The molecule has 0 aliphatic heterocycles. The molecule has 0 fully saturated rings. The van der Waals surface area contributed by atoms with E-state index in [1.54, 1.807) is 13.2 Å². The Kier molecular flexibility index (Phi) is 5.17. The second kappa shape index (κ2) is 7.09. The van der Waals surface area contributed by atoms with Crippen LogP contribution in [0.1, 0.15) is 16.7 Å². The van der Waals surface area contributed by atoms with Gasteiger partial charge in [-0.1, -0.05) is 12.1 Å². The third-order valence-corrected chi connectivity index (χ3v) is 3.33. The largest absolute Gasteiger partial charge is 0.497 e. The van der Waals surface area contributed by atoms with Gasteiger partial charge < -0.3 is 14.8 Å². The van der Waals surface area contributed by atoms with Gasteiger partial charge >= 0.3 is 0 Å². The highest BCUT2D eigenvalue weighted by Gasteiger charge is 2.07. The number of ether oxygens (including phenoxy) is 2. The van der Waals surface area contributed by atoms with Crippen LogP contribution in [0.2, 0.25) is 0 Å². The van der Waals surface area contributed by atoms with Gasteiger partial charge in [0.15, 0.2) is 0 Å². The fourth-order valence-corrected chi connectivity index (χ4v) is 2.11. The average molecular weight is 289 g/mol. The molecule has 0 amide bonds. The molecule has 0 aliphatic carbocycles. The minimum atomic E-state index is -0.228. The van der Waals surface area contributed by atoms with Crippen molar-refractivity contribution in [2.24, 2.45) is 0 Å². The molecule has 4 heteroatoms. The predicted octanol–water partition coefficient (Wildman–Crippen LogP) is 3.44. The van der Waals surface area contributed by atoms with Crippen LogP contribution in [0, 0.1) is 12.7 Å². The molecule has 0 saturated carbocycles. The van der Waals surface area contributed by atoms with Gasteiger partial charge in [0.25, 0.3) is 0 Å². The van der Waals surface area contributed by atoms with Crippen molar-refractivity contribution < 1.29 is 13.9 Å². The molecule has 0 bridgehead atoms. The van der Waals surface area contributed by atoms with Crippen LogP contribution in [0.25, 0.3) is 0 Å². The number of benzene rings is 2. The minimum absolute atomic E-state index is 0.228. The zero-order valence-electron chi connectivity index (χ0n) is 12.6. The SMILES string of the molecule is CNCc1ccc(OC)cc1OCc1ccc(F)cc1C. The van der Waals surface area contributed by atoms with Crippen molar-refractivity contribution in [3.05, 3.63) is 58.9 Å². The summed E-state index contributed by atoms with van der Waals surface area (Å²) in [6.07, 6.45) is 0. The molecular formula is C17H20FNO2. The molecule has 0 radical (unpaired) electrons. The summed E-state index contributed by atoms with van der Waals surface area (Å²) in [4.78, 5) is 0. The van der Waals surface area contributed by atoms with Gasteiger partial charge in [-0.05, 0) is 43.3 Å². The summed E-state index contributed by atoms with van der Waals surface area (Å²) in [5.41, 5.74) is 2.90. The van der Waals surface area contributed by atoms with E-state index in [0.717, 1.165) is 28.2 Å². The summed E-state index contributed by atoms with van der Waals surface area (Å²) >= 11 is 0. The zero-order valence-corrected chi connectivity index (χ0v) is 12.6. The first-order chi connectivity index (χ1) is 10.1. The Morgan fingerprint density at radius 1 is 1.10 bits per heavy atom. The Bertz CT molecular complexity index is 614. The highest BCUT2D eigenvalue weighted by molar-refractivity contribution is 5.41. The van der Waals surface area contributed by atoms with Crippen LogP contribution in [-0.4, -0.2) is 14.2 Å². The van der Waals surface area contributed by atoms with Crippen LogP contribution in [0.3, 0.4) is 0 Å². The first-order valence-corrected chi connectivity index (χ1v) is 6.83. The van der Waals surface area contributed by atoms with E-state index in [0.29, 0.717) is 13.2 Å². The average Bonchev–Trinajstić information content (AvgIpc) is 2.48. The first-order valence-electron chi connectivity index (χ1n) is 6.83. The molecule has 1 N–H and O–H groups in total. The minimum Gasteiger partial charge on any atom is -0.497 e. The fraction of sp³-hybridized carbons (Fsp3) is 0.294. The van der Waals surface area contributed by atoms with Crippen molar-refractivity contribution in [3.8, 4) is 11.5 Å². The standard InChI is InChI=1S/C17H20FNO2/c1-12-8-15(18)6-4-14(12)11-21-17-9-16(20-3)7-5-13(17)10-19-2/h4-9,19H,10-11H2,1-3H3. The second-order valence-corrected chi connectivity index (χ2v) is 4.86. The lowest BCUT2D eigenvalue weighted by Gasteiger charge is -2.14. The topological polar surface area (TPSA) is 30.5 Å². The van der Waals surface area contributed by atoms with Crippen molar-refractivity contribution in [2.45, 2.75) is 20.1 Å². The molecule has 0 unspecified atom stereocenters. The number of hydrogen-bond donors (Lipinski definition) is 1. The van der Waals surface area contributed by atoms with E-state index in [2.05, 4.69) is 5.32 Å². The van der Waals surface area contributed by atoms with E-state index < -0.39 is 0 Å². The van der Waals surface area contributed by atoms with Crippen LogP contribution in [0.15, 0.2) is 36.4 Å². The number of nitrogens with one attached hydrogen (secondary N) is 1. The quantitative estimate of drug-likeness (QED) is 0.883. The van der Waals surface area contributed by atoms with Crippen LogP contribution < -0.4 is 14.8 Å². The lowest BCUT2D eigenvalue weighted by atomic mass is 10.1. The van der Waals surface area contributed by atoms with Gasteiger partial charge in [0, 0.05) is 18.2 Å². The summed E-state index contributed by atoms with van der Waals surface area (Å²) in [7, 11) is 3.51. The normalized spacial score (nSPS) is 10.5. The number of methoxy groups -OCH3 is 1. The van der Waals surface area contributed by atoms with E-state index in [4.69, 9.17) is 9.47 Å². The Morgan fingerprint density at radius 2 is 1.86 bits per heavy atom. The van der Waals surface area contributed by atoms with Crippen molar-refractivity contribution in [1.82, 2.24) is 5.32 Å². The molecule has 2 aromatic carbocycles. The lowest BCUT2D eigenvalue weighted by molar-refractivity contribution is 0.299. The van der Waals surface area contributed by atoms with Gasteiger partial charge in [-0.2, -0.15) is 0 Å². The van der Waals surface area contributed by atoms with Crippen LogP contribution >= 0.6 is 0 Å². The maximum atomic E-state index is 13.1. The summed E-state index contributed by atoms with van der Waals surface area (Å²) in [5.74, 6) is 1.29. The van der Waals surface area contributed by atoms with Gasteiger partial charge in [0.2, 0.25) is 0 Å². The Balaban J connectivity index is 2.17. The number of halogens is 1. The molecule has 2 rings (SSSR count). The van der Waals surface area contributed by atoms with Crippen molar-refractivity contribution in [3.63, 3.8) is 0 Å². The maximum absolute atomic E-state index is 13.1. The van der Waals surface area contributed by atoms with Gasteiger partial charge in [-0.25, -0.2) is 4.39 Å². The summed E-state index contributed by atoms with van der Waals surface area (Å²) < 4.78 is 24.2. The van der Waals surface area contributed by atoms with Crippen LogP contribution in [-0.2, 0) is 13.2 Å². The first kappa shape index (κ1) is 15.3. The zero-order chi connectivity index (χ0) is 15.2. The fourth-order valence-electron chi connectivity index (χ4n) is 2.11. The number of rotatable bonds is 6. The molecule has 2 aromatic rings. The molecule has 112 valence electrons. The van der Waals surface area contributed by atoms with E-state index in [9.17, 15) is 4.39 Å². The van der Waals surface area contributed by atoms with Crippen LogP contribution in [0.5, 0.6) is 11.5 Å². The molecule has 0 saturated heterocycles. The molecule has 0 heterocycles. The Morgan fingerprint density at radius 3 is 2.52 bits per heavy atom. The highest BCUT2D eigenvalue weighted by atomic mass is 19.1. The van der Waals surface area contributed by atoms with Gasteiger partial charge in [-0.15, -0.1) is 0 Å². The monoisotopic (exact) mass is 289 g/mol. The molecule has 0 spiro atoms. The summed E-state index contributed by atoms with van der Waals surface area (Å²) in [5, 5.41) is 3.11. The second-order valence-electron chi connectivity index (χ2n) is 4.86. The Labute approximate surface area is 124 Å². The maximum Gasteiger partial charge on any atom is 0.127 e. The van der Waals surface area contributed by atoms with Gasteiger partial charge in [-0.3, -0.25) is 0 Å². The van der Waals surface area contributed by atoms with Gasteiger partial charge in [0.1, 0.15) is 23.9 Å². The lowest BCUT2D eigenvalue weighted by Crippen LogP contribution is -2.08. The van der Waals surface area contributed by atoms with Gasteiger partial charge in [0.05, 0.1) is 7.11 Å². The molecule has 0 atom stereocenters. The molecular weight excluding hydrogens is 269 g/mol. The van der Waals surface area contributed by atoms with Crippen LogP contribution in [0.4, 0.5) is 4.39 Å². The van der Waals surface area contributed by atoms with E-state index in [1.165, 1.54) is 12.1 Å². The molecule has 21 heavy (non-hydrogen) atoms. The van der Waals surface area contributed by atoms with E-state index in [1.807, 2.05) is 32.2 Å². The Hall–Kier alpha value is -2.07. The van der Waals surface area contributed by atoms with Crippen molar-refractivity contribution in [2.75, 3.05) is 14.2 Å². The predicted molar refractivity (Wildman–Crippen MR) is 81.2 cm³/mol. The highest BCUT2D eigenvalue weighted by Crippen LogP contribution is 2.26.